The van der Waals surface area contributed by atoms with E-state index in [2.05, 4.69) is 20.2 Å². The highest BCUT2D eigenvalue weighted by atomic mass is 35.5. The molecule has 8 heteroatoms. The van der Waals surface area contributed by atoms with E-state index in [1.807, 2.05) is 4.90 Å². The Bertz CT molecular complexity index is 527. The van der Waals surface area contributed by atoms with Crippen LogP contribution in [-0.2, 0) is 11.3 Å². The molecule has 1 unspecified atom stereocenters. The van der Waals surface area contributed by atoms with Crippen molar-refractivity contribution in [3.05, 3.63) is 17.0 Å². The molecule has 1 N–H and O–H groups in total. The Labute approximate surface area is 121 Å². The number of ether oxygens (including phenoxy) is 1. The van der Waals surface area contributed by atoms with Gasteiger partial charge in [-0.05, 0) is 0 Å². The molecule has 20 heavy (non-hydrogen) atoms. The molecule has 1 aromatic rings. The molecule has 1 atom stereocenters. The number of hydrogen-bond donors (Lipinski definition) is 1. The number of rotatable bonds is 3. The van der Waals surface area contributed by atoms with Crippen LogP contribution in [0.4, 0.5) is 10.6 Å². The maximum atomic E-state index is 11.6. The highest BCUT2D eigenvalue weighted by molar-refractivity contribution is 6.29. The summed E-state index contributed by atoms with van der Waals surface area (Å²) in [6, 6.07) is 1.96. The smallest absolute Gasteiger partial charge is 0.317 e. The van der Waals surface area contributed by atoms with Gasteiger partial charge in [-0.3, -0.25) is 0 Å². The van der Waals surface area contributed by atoms with E-state index < -0.39 is 0 Å². The van der Waals surface area contributed by atoms with Gasteiger partial charge in [-0.15, -0.1) is 0 Å². The van der Waals surface area contributed by atoms with Gasteiger partial charge in [-0.2, -0.15) is 0 Å². The number of nitrogens with one attached hydrogen (secondary N) is 1. The number of piperazine rings is 1. The number of amides is 2. The molecule has 2 amide bonds. The zero-order valence-electron chi connectivity index (χ0n) is 11.2. The Morgan fingerprint density at radius 1 is 1.50 bits per heavy atom. The van der Waals surface area contributed by atoms with Gasteiger partial charge >= 0.3 is 6.03 Å². The van der Waals surface area contributed by atoms with Crippen LogP contribution in [0.5, 0.6) is 0 Å². The van der Waals surface area contributed by atoms with E-state index in [9.17, 15) is 4.79 Å². The molecule has 2 aliphatic rings. The van der Waals surface area contributed by atoms with Crippen molar-refractivity contribution in [2.45, 2.75) is 12.6 Å². The number of aromatic nitrogens is 2. The minimum Gasteiger partial charge on any atom is -0.377 e. The minimum absolute atomic E-state index is 0.0236. The first-order chi connectivity index (χ1) is 9.67. The van der Waals surface area contributed by atoms with Crippen molar-refractivity contribution < 1.29 is 9.53 Å². The van der Waals surface area contributed by atoms with E-state index >= 15 is 0 Å². The molecule has 0 spiro atoms. The number of nitrogens with zero attached hydrogens (tertiary/aromatic N) is 4. The lowest BCUT2D eigenvalue weighted by Gasteiger charge is -2.37. The Morgan fingerprint density at radius 3 is 3.15 bits per heavy atom. The monoisotopic (exact) mass is 297 g/mol. The van der Waals surface area contributed by atoms with E-state index in [1.54, 1.807) is 13.2 Å². The van der Waals surface area contributed by atoms with Crippen molar-refractivity contribution in [3.63, 3.8) is 0 Å². The SMILES string of the molecule is COCc1nc(Cl)cc(N2CCN3C(=O)NCC3C2)n1. The fourth-order valence-electron chi connectivity index (χ4n) is 2.62. The van der Waals surface area contributed by atoms with Crippen molar-refractivity contribution in [2.75, 3.05) is 38.2 Å². The van der Waals surface area contributed by atoms with Gasteiger partial charge in [0.15, 0.2) is 5.82 Å². The van der Waals surface area contributed by atoms with Crippen LogP contribution in [0.1, 0.15) is 5.82 Å². The van der Waals surface area contributed by atoms with Crippen molar-refractivity contribution in [2.24, 2.45) is 0 Å². The van der Waals surface area contributed by atoms with E-state index in [4.69, 9.17) is 16.3 Å². The average Bonchev–Trinajstić information content (AvgIpc) is 2.80. The van der Waals surface area contributed by atoms with Crippen LogP contribution in [-0.4, -0.2) is 60.2 Å². The Kier molecular flexibility index (Phi) is 3.62. The van der Waals surface area contributed by atoms with Gasteiger partial charge in [-0.1, -0.05) is 11.6 Å². The molecule has 1 aromatic heterocycles. The lowest BCUT2D eigenvalue weighted by molar-refractivity contribution is 0.177. The van der Waals surface area contributed by atoms with E-state index in [0.29, 0.717) is 30.7 Å². The van der Waals surface area contributed by atoms with Crippen LogP contribution in [0.2, 0.25) is 5.15 Å². The molecule has 0 bridgehead atoms. The second-order valence-electron chi connectivity index (χ2n) is 4.88. The second kappa shape index (κ2) is 5.41. The summed E-state index contributed by atoms with van der Waals surface area (Å²) in [5, 5.41) is 3.27. The zero-order chi connectivity index (χ0) is 14.1. The van der Waals surface area contributed by atoms with Gasteiger partial charge in [0.05, 0.1) is 6.04 Å². The number of hydrogen-bond acceptors (Lipinski definition) is 5. The highest BCUT2D eigenvalue weighted by Gasteiger charge is 2.35. The molecule has 3 rings (SSSR count). The Morgan fingerprint density at radius 2 is 2.35 bits per heavy atom. The third-order valence-electron chi connectivity index (χ3n) is 3.56. The molecule has 0 saturated carbocycles. The molecule has 2 fully saturated rings. The number of carbonyl (C=O) groups is 1. The quantitative estimate of drug-likeness (QED) is 0.822. The summed E-state index contributed by atoms with van der Waals surface area (Å²) in [4.78, 5) is 24.2. The minimum atomic E-state index is 0.0236. The van der Waals surface area contributed by atoms with Gasteiger partial charge in [0.25, 0.3) is 0 Å². The first-order valence-corrected chi connectivity index (χ1v) is 6.87. The van der Waals surface area contributed by atoms with Crippen LogP contribution in [0, 0.1) is 0 Å². The number of urea groups is 1. The number of fused-ring (bicyclic) bond motifs is 1. The van der Waals surface area contributed by atoms with Crippen molar-refractivity contribution in [3.8, 4) is 0 Å². The van der Waals surface area contributed by atoms with Crippen molar-refractivity contribution >= 4 is 23.4 Å². The summed E-state index contributed by atoms with van der Waals surface area (Å²) in [6.07, 6.45) is 0. The third-order valence-corrected chi connectivity index (χ3v) is 3.75. The third kappa shape index (κ3) is 2.51. The maximum Gasteiger partial charge on any atom is 0.317 e. The van der Waals surface area contributed by atoms with Gasteiger partial charge in [0.1, 0.15) is 17.6 Å². The fraction of sp³-hybridized carbons (Fsp3) is 0.583. The number of anilines is 1. The Balaban J connectivity index is 1.78. The summed E-state index contributed by atoms with van der Waals surface area (Å²) < 4.78 is 5.04. The predicted octanol–water partition coefficient (Wildman–Crippen LogP) is 0.490. The first kappa shape index (κ1) is 13.4. The lowest BCUT2D eigenvalue weighted by Crippen LogP contribution is -2.52. The molecular formula is C12H16ClN5O2. The molecule has 0 aliphatic carbocycles. The van der Waals surface area contributed by atoms with Crippen LogP contribution >= 0.6 is 11.6 Å². The molecule has 2 saturated heterocycles. The summed E-state index contributed by atoms with van der Waals surface area (Å²) in [5.41, 5.74) is 0. The first-order valence-electron chi connectivity index (χ1n) is 6.49. The molecular weight excluding hydrogens is 282 g/mol. The van der Waals surface area contributed by atoms with Gasteiger partial charge in [0.2, 0.25) is 0 Å². The number of halogens is 1. The molecule has 0 aromatic carbocycles. The molecule has 2 aliphatic heterocycles. The highest BCUT2D eigenvalue weighted by Crippen LogP contribution is 2.21. The van der Waals surface area contributed by atoms with E-state index in [0.717, 1.165) is 18.9 Å². The largest absolute Gasteiger partial charge is 0.377 e. The van der Waals surface area contributed by atoms with Crippen LogP contribution < -0.4 is 10.2 Å². The summed E-state index contributed by atoms with van der Waals surface area (Å²) in [5.74, 6) is 1.36. The van der Waals surface area contributed by atoms with E-state index in [-0.39, 0.29) is 12.1 Å². The molecule has 108 valence electrons. The normalized spacial score (nSPS) is 21.9. The van der Waals surface area contributed by atoms with Gasteiger partial charge in [-0.25, -0.2) is 14.8 Å². The lowest BCUT2D eigenvalue weighted by atomic mass is 10.2. The van der Waals surface area contributed by atoms with Crippen LogP contribution in [0.25, 0.3) is 0 Å². The summed E-state index contributed by atoms with van der Waals surface area (Å²) >= 11 is 6.03. The fourth-order valence-corrected chi connectivity index (χ4v) is 2.81. The van der Waals surface area contributed by atoms with Crippen molar-refractivity contribution in [1.29, 1.82) is 0 Å². The van der Waals surface area contributed by atoms with Crippen molar-refractivity contribution in [1.82, 2.24) is 20.2 Å². The van der Waals surface area contributed by atoms with Gasteiger partial charge < -0.3 is 19.9 Å². The van der Waals surface area contributed by atoms with Gasteiger partial charge in [0, 0.05) is 39.4 Å². The molecule has 7 nitrogen and oxygen atoms in total. The predicted molar refractivity (Wildman–Crippen MR) is 73.9 cm³/mol. The molecule has 0 radical (unpaired) electrons. The standard InChI is InChI=1S/C12H16ClN5O2/c1-20-7-10-15-9(13)4-11(16-10)17-2-3-18-8(6-17)5-14-12(18)19/h4,8H,2-3,5-7H2,1H3,(H,14,19). The van der Waals surface area contributed by atoms with Crippen LogP contribution in [0.15, 0.2) is 6.07 Å². The van der Waals surface area contributed by atoms with E-state index in [1.165, 1.54) is 0 Å². The summed E-state index contributed by atoms with van der Waals surface area (Å²) in [7, 11) is 1.60. The zero-order valence-corrected chi connectivity index (χ0v) is 11.9. The topological polar surface area (TPSA) is 70.6 Å². The number of methoxy groups -OCH3 is 1. The maximum absolute atomic E-state index is 11.6. The summed E-state index contributed by atoms with van der Waals surface area (Å²) in [6.45, 7) is 3.19. The Hall–Kier alpha value is -1.60. The molecule has 3 heterocycles. The van der Waals surface area contributed by atoms with Crippen LogP contribution in [0.3, 0.4) is 0 Å². The number of carbonyl (C=O) groups excluding carboxylic acids is 1. The second-order valence-corrected chi connectivity index (χ2v) is 5.26. The average molecular weight is 298 g/mol.